The molecule has 0 aliphatic heterocycles. The standard InChI is InChI=1S/C23H29ClN2O3/c1-5-12-25-23(28)18(4)26(14-19-8-6-7-9-20(19)24)22(27)15-29-21-13-16(2)10-11-17(21)3/h6-11,13,18H,5,12,14-15H2,1-4H3,(H,25,28). The Morgan fingerprint density at radius 1 is 1.17 bits per heavy atom. The van der Waals surface area contributed by atoms with Crippen molar-refractivity contribution in [3.05, 3.63) is 64.2 Å². The first kappa shape index (κ1) is 22.8. The van der Waals surface area contributed by atoms with Gasteiger partial charge in [0.1, 0.15) is 11.8 Å². The van der Waals surface area contributed by atoms with E-state index < -0.39 is 6.04 Å². The van der Waals surface area contributed by atoms with Crippen molar-refractivity contribution in [3.8, 4) is 5.75 Å². The van der Waals surface area contributed by atoms with Gasteiger partial charge in [0.05, 0.1) is 0 Å². The zero-order chi connectivity index (χ0) is 21.4. The molecular weight excluding hydrogens is 388 g/mol. The highest BCUT2D eigenvalue weighted by molar-refractivity contribution is 6.31. The number of carbonyl (C=O) groups excluding carboxylic acids is 2. The highest BCUT2D eigenvalue weighted by Gasteiger charge is 2.27. The fourth-order valence-corrected chi connectivity index (χ4v) is 3.07. The van der Waals surface area contributed by atoms with Crippen LogP contribution in [-0.4, -0.2) is 35.9 Å². The maximum Gasteiger partial charge on any atom is 0.261 e. The van der Waals surface area contributed by atoms with Crippen molar-refractivity contribution in [1.29, 1.82) is 0 Å². The van der Waals surface area contributed by atoms with Crippen molar-refractivity contribution in [3.63, 3.8) is 0 Å². The third kappa shape index (κ3) is 6.50. The Balaban J connectivity index is 2.18. The van der Waals surface area contributed by atoms with Gasteiger partial charge in [0.2, 0.25) is 5.91 Å². The number of nitrogens with zero attached hydrogens (tertiary/aromatic N) is 1. The molecule has 2 aromatic rings. The van der Waals surface area contributed by atoms with E-state index in [2.05, 4.69) is 5.32 Å². The first-order chi connectivity index (χ1) is 13.8. The van der Waals surface area contributed by atoms with Crippen molar-refractivity contribution in [2.45, 2.75) is 46.7 Å². The summed E-state index contributed by atoms with van der Waals surface area (Å²) in [6.07, 6.45) is 0.826. The number of hydrogen-bond acceptors (Lipinski definition) is 3. The molecule has 0 aromatic heterocycles. The van der Waals surface area contributed by atoms with Crippen LogP contribution in [0.2, 0.25) is 5.02 Å². The van der Waals surface area contributed by atoms with E-state index >= 15 is 0 Å². The summed E-state index contributed by atoms with van der Waals surface area (Å²) in [4.78, 5) is 27.1. The van der Waals surface area contributed by atoms with E-state index in [0.717, 1.165) is 23.1 Å². The molecule has 0 saturated heterocycles. The largest absolute Gasteiger partial charge is 0.483 e. The van der Waals surface area contributed by atoms with Crippen LogP contribution in [0.4, 0.5) is 0 Å². The van der Waals surface area contributed by atoms with Gasteiger partial charge in [0.25, 0.3) is 5.91 Å². The van der Waals surface area contributed by atoms with Crippen molar-refractivity contribution in [2.75, 3.05) is 13.2 Å². The van der Waals surface area contributed by atoms with Gasteiger partial charge in [-0.1, -0.05) is 48.9 Å². The van der Waals surface area contributed by atoms with Crippen molar-refractivity contribution < 1.29 is 14.3 Å². The van der Waals surface area contributed by atoms with Crippen LogP contribution in [0.5, 0.6) is 5.75 Å². The Labute approximate surface area is 178 Å². The number of halogens is 1. The normalized spacial score (nSPS) is 11.6. The highest BCUT2D eigenvalue weighted by Crippen LogP contribution is 2.21. The van der Waals surface area contributed by atoms with E-state index in [9.17, 15) is 9.59 Å². The molecule has 0 bridgehead atoms. The quantitative estimate of drug-likeness (QED) is 0.663. The average molecular weight is 417 g/mol. The maximum absolute atomic E-state index is 13.0. The van der Waals surface area contributed by atoms with Gasteiger partial charge in [0, 0.05) is 18.1 Å². The van der Waals surface area contributed by atoms with Crippen LogP contribution in [0.15, 0.2) is 42.5 Å². The van der Waals surface area contributed by atoms with Gasteiger partial charge in [-0.3, -0.25) is 9.59 Å². The van der Waals surface area contributed by atoms with E-state index in [1.54, 1.807) is 13.0 Å². The Bertz CT molecular complexity index is 854. The van der Waals surface area contributed by atoms with Gasteiger partial charge in [-0.2, -0.15) is 0 Å². The third-order valence-corrected chi connectivity index (χ3v) is 5.08. The van der Waals surface area contributed by atoms with Crippen molar-refractivity contribution in [2.24, 2.45) is 0 Å². The van der Waals surface area contributed by atoms with Gasteiger partial charge in [-0.25, -0.2) is 0 Å². The number of nitrogens with one attached hydrogen (secondary N) is 1. The lowest BCUT2D eigenvalue weighted by molar-refractivity contribution is -0.142. The van der Waals surface area contributed by atoms with Crippen molar-refractivity contribution >= 4 is 23.4 Å². The molecule has 0 fully saturated rings. The number of benzene rings is 2. The number of aryl methyl sites for hydroxylation is 2. The molecular formula is C23H29ClN2O3. The van der Waals surface area contributed by atoms with Crippen LogP contribution in [0.1, 0.15) is 37.0 Å². The Morgan fingerprint density at radius 3 is 2.59 bits per heavy atom. The summed E-state index contributed by atoms with van der Waals surface area (Å²) in [5.41, 5.74) is 2.79. The summed E-state index contributed by atoms with van der Waals surface area (Å²) in [5.74, 6) is 0.197. The summed E-state index contributed by atoms with van der Waals surface area (Å²) in [6.45, 7) is 8.25. The third-order valence-electron chi connectivity index (χ3n) is 4.71. The fourth-order valence-electron chi connectivity index (χ4n) is 2.87. The molecule has 29 heavy (non-hydrogen) atoms. The number of carbonyl (C=O) groups is 2. The fraction of sp³-hybridized carbons (Fsp3) is 0.391. The van der Waals surface area contributed by atoms with Crippen LogP contribution < -0.4 is 10.1 Å². The zero-order valence-electron chi connectivity index (χ0n) is 17.5. The zero-order valence-corrected chi connectivity index (χ0v) is 18.3. The SMILES string of the molecule is CCCNC(=O)C(C)N(Cc1ccccc1Cl)C(=O)COc1cc(C)ccc1C. The Morgan fingerprint density at radius 2 is 1.90 bits per heavy atom. The van der Waals surface area contributed by atoms with Crippen LogP contribution in [0.3, 0.4) is 0 Å². The minimum absolute atomic E-state index is 0.153. The molecule has 6 heteroatoms. The van der Waals surface area contributed by atoms with Crippen LogP contribution in [0.25, 0.3) is 0 Å². The van der Waals surface area contributed by atoms with Gasteiger partial charge >= 0.3 is 0 Å². The first-order valence-corrected chi connectivity index (χ1v) is 10.2. The lowest BCUT2D eigenvalue weighted by Crippen LogP contribution is -2.49. The van der Waals surface area contributed by atoms with Gasteiger partial charge in [-0.15, -0.1) is 0 Å². The molecule has 2 amide bonds. The predicted octanol–water partition coefficient (Wildman–Crippen LogP) is 4.28. The number of rotatable bonds is 9. The lowest BCUT2D eigenvalue weighted by Gasteiger charge is -2.29. The molecule has 1 N–H and O–H groups in total. The van der Waals surface area contributed by atoms with E-state index in [0.29, 0.717) is 17.3 Å². The van der Waals surface area contributed by atoms with Gasteiger partial charge < -0.3 is 15.0 Å². The predicted molar refractivity (Wildman–Crippen MR) is 116 cm³/mol. The highest BCUT2D eigenvalue weighted by atomic mass is 35.5. The first-order valence-electron chi connectivity index (χ1n) is 9.84. The molecule has 0 aliphatic rings. The molecule has 156 valence electrons. The molecule has 1 unspecified atom stereocenters. The molecule has 2 rings (SSSR count). The van der Waals surface area contributed by atoms with E-state index in [4.69, 9.17) is 16.3 Å². The number of ether oxygens (including phenoxy) is 1. The lowest BCUT2D eigenvalue weighted by atomic mass is 10.1. The van der Waals surface area contributed by atoms with Gasteiger partial charge in [-0.05, 0) is 56.0 Å². The molecule has 1 atom stereocenters. The Hall–Kier alpha value is -2.53. The van der Waals surface area contributed by atoms with Crippen molar-refractivity contribution in [1.82, 2.24) is 10.2 Å². The van der Waals surface area contributed by atoms with E-state index in [-0.39, 0.29) is 25.0 Å². The van der Waals surface area contributed by atoms with Crippen LogP contribution >= 0.6 is 11.6 Å². The number of hydrogen-bond donors (Lipinski definition) is 1. The molecule has 0 spiro atoms. The molecule has 0 saturated carbocycles. The molecule has 0 radical (unpaired) electrons. The summed E-state index contributed by atoms with van der Waals surface area (Å²) in [5, 5.41) is 3.41. The van der Waals surface area contributed by atoms with E-state index in [1.807, 2.05) is 57.2 Å². The smallest absolute Gasteiger partial charge is 0.261 e. The molecule has 2 aromatic carbocycles. The van der Waals surface area contributed by atoms with Crippen LogP contribution in [-0.2, 0) is 16.1 Å². The molecule has 0 aliphatic carbocycles. The topological polar surface area (TPSA) is 58.6 Å². The summed E-state index contributed by atoms with van der Waals surface area (Å²) < 4.78 is 5.78. The minimum Gasteiger partial charge on any atom is -0.483 e. The second-order valence-electron chi connectivity index (χ2n) is 7.14. The average Bonchev–Trinajstić information content (AvgIpc) is 2.71. The summed E-state index contributed by atoms with van der Waals surface area (Å²) in [7, 11) is 0. The number of amides is 2. The van der Waals surface area contributed by atoms with E-state index in [1.165, 1.54) is 4.90 Å². The minimum atomic E-state index is -0.646. The second kappa shape index (κ2) is 10.9. The molecule has 5 nitrogen and oxygen atoms in total. The molecule has 0 heterocycles. The monoisotopic (exact) mass is 416 g/mol. The Kier molecular flexibility index (Phi) is 8.52. The summed E-state index contributed by atoms with van der Waals surface area (Å²) in [6, 6.07) is 12.5. The maximum atomic E-state index is 13.0. The summed E-state index contributed by atoms with van der Waals surface area (Å²) >= 11 is 6.28. The second-order valence-corrected chi connectivity index (χ2v) is 7.54. The van der Waals surface area contributed by atoms with Crippen LogP contribution in [0, 0.1) is 13.8 Å². The van der Waals surface area contributed by atoms with Gasteiger partial charge in [0.15, 0.2) is 6.61 Å².